The van der Waals surface area contributed by atoms with Crippen LogP contribution in [-0.2, 0) is 0 Å². The molecule has 1 aromatic rings. The average Bonchev–Trinajstić information content (AvgIpc) is 2.43. The van der Waals surface area contributed by atoms with Crippen molar-refractivity contribution in [1.29, 1.82) is 0 Å². The minimum atomic E-state index is 0.0181. The van der Waals surface area contributed by atoms with Crippen molar-refractivity contribution in [2.75, 3.05) is 44.1 Å². The number of hydrogen-bond donors (Lipinski definition) is 1. The first-order valence-corrected chi connectivity index (χ1v) is 7.37. The molecule has 0 bridgehead atoms. The third-order valence-corrected chi connectivity index (χ3v) is 3.48. The molecule has 1 aliphatic rings. The Morgan fingerprint density at radius 2 is 2.39 bits per heavy atom. The van der Waals surface area contributed by atoms with Gasteiger partial charge in [0.05, 0.1) is 11.3 Å². The van der Waals surface area contributed by atoms with Crippen LogP contribution in [0.1, 0.15) is 10.4 Å². The number of anilines is 1. The van der Waals surface area contributed by atoms with Gasteiger partial charge in [0.25, 0.3) is 5.91 Å². The van der Waals surface area contributed by atoms with Crippen LogP contribution in [0.25, 0.3) is 0 Å². The Morgan fingerprint density at radius 3 is 3.17 bits per heavy atom. The maximum atomic E-state index is 12.3. The molecule has 0 saturated heterocycles. The Balaban J connectivity index is 2.19. The van der Waals surface area contributed by atoms with Crippen LogP contribution >= 0.6 is 11.8 Å². The molecule has 0 spiro atoms. The first kappa shape index (κ1) is 13.1. The Labute approximate surface area is 112 Å². The van der Waals surface area contributed by atoms with Gasteiger partial charge < -0.3 is 15.0 Å². The number of hydrogen-bond acceptors (Lipinski definition) is 4. The van der Waals surface area contributed by atoms with E-state index in [1.807, 2.05) is 31.5 Å². The Kier molecular flexibility index (Phi) is 4.36. The van der Waals surface area contributed by atoms with E-state index in [-0.39, 0.29) is 5.91 Å². The van der Waals surface area contributed by atoms with Gasteiger partial charge in [-0.25, -0.2) is 0 Å². The molecule has 0 saturated carbocycles. The van der Waals surface area contributed by atoms with Gasteiger partial charge in [-0.2, -0.15) is 11.8 Å². The smallest absolute Gasteiger partial charge is 0.257 e. The number of fused-ring (bicyclic) bond motifs is 1. The highest BCUT2D eigenvalue weighted by atomic mass is 32.2. The molecule has 1 aliphatic heterocycles. The maximum Gasteiger partial charge on any atom is 0.257 e. The molecular formula is C13H18N2O2S. The molecule has 5 heteroatoms. The lowest BCUT2D eigenvalue weighted by molar-refractivity contribution is 0.0799. The quantitative estimate of drug-likeness (QED) is 0.904. The second-order valence-corrected chi connectivity index (χ2v) is 5.16. The van der Waals surface area contributed by atoms with Crippen LogP contribution in [0.2, 0.25) is 0 Å². The van der Waals surface area contributed by atoms with Crippen molar-refractivity contribution in [3.05, 3.63) is 23.8 Å². The molecule has 0 aliphatic carbocycles. The molecule has 4 nitrogen and oxygen atoms in total. The highest BCUT2D eigenvalue weighted by Gasteiger charge is 2.21. The summed E-state index contributed by atoms with van der Waals surface area (Å²) in [5.74, 6) is 1.64. The van der Waals surface area contributed by atoms with Crippen molar-refractivity contribution in [1.82, 2.24) is 4.90 Å². The van der Waals surface area contributed by atoms with E-state index in [4.69, 9.17) is 4.74 Å². The molecule has 0 fully saturated rings. The molecule has 0 unspecified atom stereocenters. The van der Waals surface area contributed by atoms with Crippen LogP contribution in [0.5, 0.6) is 5.75 Å². The summed E-state index contributed by atoms with van der Waals surface area (Å²) in [6.45, 7) is 2.13. The second-order valence-electron chi connectivity index (χ2n) is 4.18. The van der Waals surface area contributed by atoms with E-state index in [1.54, 1.807) is 16.7 Å². The van der Waals surface area contributed by atoms with Gasteiger partial charge in [0.15, 0.2) is 5.75 Å². The highest BCUT2D eigenvalue weighted by Crippen LogP contribution is 2.31. The maximum absolute atomic E-state index is 12.3. The van der Waals surface area contributed by atoms with E-state index in [0.717, 1.165) is 24.5 Å². The van der Waals surface area contributed by atoms with Crippen molar-refractivity contribution in [3.63, 3.8) is 0 Å². The van der Waals surface area contributed by atoms with Crippen molar-refractivity contribution in [2.45, 2.75) is 0 Å². The zero-order chi connectivity index (χ0) is 13.0. The molecule has 2 rings (SSSR count). The summed E-state index contributed by atoms with van der Waals surface area (Å²) in [4.78, 5) is 14.1. The molecule has 0 aromatic heterocycles. The lowest BCUT2D eigenvalue weighted by Gasteiger charge is -2.23. The topological polar surface area (TPSA) is 41.6 Å². The van der Waals surface area contributed by atoms with Crippen molar-refractivity contribution in [3.8, 4) is 5.75 Å². The molecule has 1 heterocycles. The molecule has 98 valence electrons. The molecule has 18 heavy (non-hydrogen) atoms. The fourth-order valence-corrected chi connectivity index (χ4v) is 2.33. The summed E-state index contributed by atoms with van der Waals surface area (Å²) >= 11 is 1.73. The number of rotatable bonds is 4. The fraction of sp³-hybridized carbons (Fsp3) is 0.462. The van der Waals surface area contributed by atoms with Gasteiger partial charge in [0.2, 0.25) is 0 Å². The van der Waals surface area contributed by atoms with Crippen LogP contribution in [0.4, 0.5) is 5.69 Å². The van der Waals surface area contributed by atoms with Gasteiger partial charge in [0, 0.05) is 25.9 Å². The van der Waals surface area contributed by atoms with Crippen LogP contribution < -0.4 is 10.1 Å². The first-order valence-electron chi connectivity index (χ1n) is 5.98. The summed E-state index contributed by atoms with van der Waals surface area (Å²) in [7, 11) is 1.83. The number of nitrogens with one attached hydrogen (secondary N) is 1. The standard InChI is InChI=1S/C13H18N2O2S/c1-15(7-9-18-2)13(16)10-4-3-5-11-12(10)17-8-6-14-11/h3-5,14H,6-9H2,1-2H3. The molecule has 0 radical (unpaired) electrons. The average molecular weight is 266 g/mol. The predicted molar refractivity (Wildman–Crippen MR) is 75.8 cm³/mol. The van der Waals surface area contributed by atoms with E-state index in [2.05, 4.69) is 5.32 Å². The van der Waals surface area contributed by atoms with Gasteiger partial charge in [-0.05, 0) is 18.4 Å². The van der Waals surface area contributed by atoms with E-state index in [9.17, 15) is 4.79 Å². The summed E-state index contributed by atoms with van der Waals surface area (Å²) in [5.41, 5.74) is 1.55. The van der Waals surface area contributed by atoms with Crippen molar-refractivity contribution < 1.29 is 9.53 Å². The number of thioether (sulfide) groups is 1. The Morgan fingerprint density at radius 1 is 1.56 bits per heavy atom. The number of ether oxygens (including phenoxy) is 1. The first-order chi connectivity index (χ1) is 8.74. The summed E-state index contributed by atoms with van der Waals surface area (Å²) in [6.07, 6.45) is 2.04. The van der Waals surface area contributed by atoms with Gasteiger partial charge >= 0.3 is 0 Å². The van der Waals surface area contributed by atoms with Gasteiger partial charge in [-0.3, -0.25) is 4.79 Å². The Bertz CT molecular complexity index is 437. The predicted octanol–water partition coefficient (Wildman–Crippen LogP) is 1.93. The van der Waals surface area contributed by atoms with Crippen LogP contribution in [0.3, 0.4) is 0 Å². The number of nitrogens with zero attached hydrogens (tertiary/aromatic N) is 1. The minimum Gasteiger partial charge on any atom is -0.489 e. The van der Waals surface area contributed by atoms with E-state index in [0.29, 0.717) is 17.9 Å². The van der Waals surface area contributed by atoms with E-state index < -0.39 is 0 Å². The van der Waals surface area contributed by atoms with Crippen LogP contribution in [-0.4, -0.2) is 49.6 Å². The summed E-state index contributed by atoms with van der Waals surface area (Å²) in [6, 6.07) is 5.65. The number of amides is 1. The van der Waals surface area contributed by atoms with Gasteiger partial charge in [0.1, 0.15) is 6.61 Å². The molecule has 0 atom stereocenters. The minimum absolute atomic E-state index is 0.0181. The zero-order valence-corrected chi connectivity index (χ0v) is 11.5. The normalized spacial score (nSPS) is 13.2. The molecule has 1 aromatic carbocycles. The fourth-order valence-electron chi connectivity index (χ4n) is 1.87. The Hall–Kier alpha value is -1.36. The molecular weight excluding hydrogens is 248 g/mol. The van der Waals surface area contributed by atoms with E-state index >= 15 is 0 Å². The number of benzene rings is 1. The zero-order valence-electron chi connectivity index (χ0n) is 10.7. The molecule has 1 N–H and O–H groups in total. The molecule has 1 amide bonds. The van der Waals surface area contributed by atoms with Gasteiger partial charge in [-0.15, -0.1) is 0 Å². The SMILES string of the molecule is CSCCN(C)C(=O)c1cccc2c1OCCN2. The second kappa shape index (κ2) is 6.00. The highest BCUT2D eigenvalue weighted by molar-refractivity contribution is 7.98. The van der Waals surface area contributed by atoms with E-state index in [1.165, 1.54) is 0 Å². The number of carbonyl (C=O) groups excluding carboxylic acids is 1. The van der Waals surface area contributed by atoms with Gasteiger partial charge in [-0.1, -0.05) is 6.07 Å². The lowest BCUT2D eigenvalue weighted by Crippen LogP contribution is -2.30. The third-order valence-electron chi connectivity index (χ3n) is 2.89. The lowest BCUT2D eigenvalue weighted by atomic mass is 10.1. The number of carbonyl (C=O) groups is 1. The van der Waals surface area contributed by atoms with Crippen LogP contribution in [0.15, 0.2) is 18.2 Å². The summed E-state index contributed by atoms with van der Waals surface area (Å²) in [5, 5.41) is 3.24. The third kappa shape index (κ3) is 2.72. The van der Waals surface area contributed by atoms with Crippen molar-refractivity contribution >= 4 is 23.4 Å². The van der Waals surface area contributed by atoms with Crippen molar-refractivity contribution in [2.24, 2.45) is 0 Å². The number of para-hydroxylation sites is 1. The van der Waals surface area contributed by atoms with Crippen LogP contribution in [0, 0.1) is 0 Å². The monoisotopic (exact) mass is 266 g/mol. The largest absolute Gasteiger partial charge is 0.489 e. The summed E-state index contributed by atoms with van der Waals surface area (Å²) < 4.78 is 5.62.